The van der Waals surface area contributed by atoms with E-state index in [9.17, 15) is 4.79 Å². The van der Waals surface area contributed by atoms with Crippen molar-refractivity contribution in [1.82, 2.24) is 14.8 Å². The summed E-state index contributed by atoms with van der Waals surface area (Å²) in [4.78, 5) is 21.9. The van der Waals surface area contributed by atoms with Gasteiger partial charge in [-0.15, -0.1) is 11.3 Å². The Morgan fingerprint density at radius 2 is 2.19 bits per heavy atom. The number of nitrogens with zero attached hydrogens (tertiary/aromatic N) is 3. The van der Waals surface area contributed by atoms with Crippen LogP contribution < -0.4 is 0 Å². The molecule has 1 amide bonds. The second-order valence-electron chi connectivity index (χ2n) is 7.35. The van der Waals surface area contributed by atoms with Crippen LogP contribution in [0.15, 0.2) is 48.0 Å². The molecule has 1 aromatic heterocycles. The maximum absolute atomic E-state index is 13.3. The van der Waals surface area contributed by atoms with Gasteiger partial charge in [0.25, 0.3) is 5.91 Å². The average Bonchev–Trinajstić information content (AvgIpc) is 3.32. The summed E-state index contributed by atoms with van der Waals surface area (Å²) >= 11 is 6.03. The van der Waals surface area contributed by atoms with Gasteiger partial charge in [-0.3, -0.25) is 9.69 Å². The fraction of sp³-hybridized carbons (Fsp3) is 0.333. The quantitative estimate of drug-likeness (QED) is 0.679. The normalized spacial score (nSPS) is 21.8. The molecule has 1 unspecified atom stereocenters. The maximum atomic E-state index is 13.3. The Morgan fingerprint density at radius 3 is 2.96 bits per heavy atom. The lowest BCUT2D eigenvalue weighted by atomic mass is 9.79. The molecule has 138 valence electrons. The summed E-state index contributed by atoms with van der Waals surface area (Å²) < 4.78 is 0. The third kappa shape index (κ3) is 3.06. The molecule has 1 aliphatic carbocycles. The van der Waals surface area contributed by atoms with Crippen LogP contribution in [-0.4, -0.2) is 45.7 Å². The van der Waals surface area contributed by atoms with Gasteiger partial charge in [-0.2, -0.15) is 12.6 Å². The zero-order valence-electron chi connectivity index (χ0n) is 14.9. The Hall–Kier alpha value is -1.89. The van der Waals surface area contributed by atoms with Gasteiger partial charge in [0.2, 0.25) is 0 Å². The highest BCUT2D eigenvalue weighted by Crippen LogP contribution is 2.43. The number of fused-ring (bicyclic) bond motifs is 3. The first-order valence-electron chi connectivity index (χ1n) is 9.32. The van der Waals surface area contributed by atoms with Crippen molar-refractivity contribution >= 4 is 40.6 Å². The molecule has 2 aliphatic rings. The Labute approximate surface area is 168 Å². The van der Waals surface area contributed by atoms with E-state index in [1.807, 2.05) is 10.3 Å². The van der Waals surface area contributed by atoms with Gasteiger partial charge in [-0.05, 0) is 34.7 Å². The van der Waals surface area contributed by atoms with E-state index >= 15 is 0 Å². The Bertz CT molecular complexity index is 988. The van der Waals surface area contributed by atoms with E-state index in [1.54, 1.807) is 6.20 Å². The van der Waals surface area contributed by atoms with Crippen molar-refractivity contribution in [2.24, 2.45) is 0 Å². The Morgan fingerprint density at radius 1 is 1.30 bits per heavy atom. The molecule has 4 nitrogen and oxygen atoms in total. The van der Waals surface area contributed by atoms with Gasteiger partial charge in [0.15, 0.2) is 5.01 Å². The fourth-order valence-electron chi connectivity index (χ4n) is 4.27. The van der Waals surface area contributed by atoms with Crippen molar-refractivity contribution in [2.45, 2.75) is 24.1 Å². The van der Waals surface area contributed by atoms with Gasteiger partial charge in [0.1, 0.15) is 0 Å². The molecule has 1 aliphatic heterocycles. The number of hydrogen-bond donors (Lipinski definition) is 1. The summed E-state index contributed by atoms with van der Waals surface area (Å²) in [5.74, 6) is 0.0381. The molecule has 0 N–H and O–H groups in total. The molecule has 0 bridgehead atoms. The number of thiol groups is 1. The van der Waals surface area contributed by atoms with Crippen LogP contribution in [0.25, 0.3) is 10.8 Å². The van der Waals surface area contributed by atoms with E-state index < -0.39 is 0 Å². The van der Waals surface area contributed by atoms with Gasteiger partial charge < -0.3 is 4.90 Å². The highest BCUT2D eigenvalue weighted by molar-refractivity contribution is 7.81. The lowest BCUT2D eigenvalue weighted by molar-refractivity contribution is 0.0504. The van der Waals surface area contributed by atoms with Crippen molar-refractivity contribution in [3.8, 4) is 0 Å². The molecule has 1 fully saturated rings. The van der Waals surface area contributed by atoms with Crippen LogP contribution in [0.1, 0.15) is 33.4 Å². The largest absolute Gasteiger partial charge is 0.316 e. The molecule has 0 saturated carbocycles. The number of thiazole rings is 1. The predicted octanol–water partition coefficient (Wildman–Crippen LogP) is 4.00. The highest BCUT2D eigenvalue weighted by atomic mass is 32.1. The second-order valence-corrected chi connectivity index (χ2v) is 8.98. The average molecular weight is 396 g/mol. The number of carbonyl (C=O) groups excluding carboxylic acids is 1. The molecular formula is C21H21N3OS2. The lowest BCUT2D eigenvalue weighted by Gasteiger charge is -2.41. The van der Waals surface area contributed by atoms with Gasteiger partial charge in [-0.1, -0.05) is 36.4 Å². The second kappa shape index (κ2) is 6.93. The number of amides is 1. The summed E-state index contributed by atoms with van der Waals surface area (Å²) in [5, 5.41) is 5.34. The minimum atomic E-state index is 0.0381. The van der Waals surface area contributed by atoms with Crippen molar-refractivity contribution in [3.05, 3.63) is 64.1 Å². The van der Waals surface area contributed by atoms with E-state index in [0.29, 0.717) is 16.9 Å². The van der Waals surface area contributed by atoms with Gasteiger partial charge in [-0.25, -0.2) is 4.98 Å². The third-order valence-electron chi connectivity index (χ3n) is 5.66. The summed E-state index contributed by atoms with van der Waals surface area (Å²) in [6.45, 7) is 2.56. The minimum absolute atomic E-state index is 0.0381. The summed E-state index contributed by atoms with van der Waals surface area (Å²) in [6.07, 6.45) is 3.70. The van der Waals surface area contributed by atoms with E-state index in [2.05, 4.69) is 58.9 Å². The summed E-state index contributed by atoms with van der Waals surface area (Å²) in [5.41, 5.74) is 2.66. The van der Waals surface area contributed by atoms with Crippen LogP contribution in [-0.2, 0) is 6.42 Å². The van der Waals surface area contributed by atoms with E-state index in [0.717, 1.165) is 25.9 Å². The molecule has 1 saturated heterocycles. The first kappa shape index (κ1) is 17.2. The fourth-order valence-corrected chi connectivity index (χ4v) is 5.21. The molecule has 3 aromatic rings. The van der Waals surface area contributed by atoms with Crippen LogP contribution in [0.4, 0.5) is 0 Å². The molecule has 0 radical (unpaired) electrons. The number of benzene rings is 2. The number of likely N-dealkylation sites (tertiary alicyclic amines) is 1. The number of hydrogen-bond acceptors (Lipinski definition) is 5. The highest BCUT2D eigenvalue weighted by Gasteiger charge is 2.38. The standard InChI is InChI=1S/C21H21N3OS2/c25-21(20-22-8-10-27-20)24(13-23-9-7-16(26)12-23)18-11-15-6-5-14-3-1-2-4-17(14)19(15)18/h1-6,8,10,16,18,26H,7,9,11-13H2/t16-,18?/m1/s1. The molecule has 6 heteroatoms. The van der Waals surface area contributed by atoms with Crippen molar-refractivity contribution in [3.63, 3.8) is 0 Å². The molecule has 0 spiro atoms. The summed E-state index contributed by atoms with van der Waals surface area (Å²) in [6, 6.07) is 13.0. The Kier molecular flexibility index (Phi) is 4.42. The van der Waals surface area contributed by atoms with E-state index in [1.165, 1.54) is 33.2 Å². The van der Waals surface area contributed by atoms with Crippen LogP contribution in [0, 0.1) is 0 Å². The predicted molar refractivity (Wildman–Crippen MR) is 113 cm³/mol. The first-order valence-corrected chi connectivity index (χ1v) is 10.7. The number of rotatable bonds is 4. The molecular weight excluding hydrogens is 374 g/mol. The topological polar surface area (TPSA) is 36.4 Å². The first-order chi connectivity index (χ1) is 13.2. The molecule has 5 rings (SSSR count). The lowest BCUT2D eigenvalue weighted by Crippen LogP contribution is -2.46. The monoisotopic (exact) mass is 395 g/mol. The smallest absolute Gasteiger partial charge is 0.284 e. The van der Waals surface area contributed by atoms with Gasteiger partial charge in [0, 0.05) is 29.9 Å². The van der Waals surface area contributed by atoms with Crippen LogP contribution in [0.5, 0.6) is 0 Å². The van der Waals surface area contributed by atoms with Gasteiger partial charge >= 0.3 is 0 Å². The molecule has 2 aromatic carbocycles. The SMILES string of the molecule is O=C(c1nccs1)N(CN1CC[C@@H](S)C1)C1Cc2ccc3ccccc3c21. The minimum Gasteiger partial charge on any atom is -0.316 e. The van der Waals surface area contributed by atoms with Crippen LogP contribution in [0.3, 0.4) is 0 Å². The zero-order chi connectivity index (χ0) is 18.4. The van der Waals surface area contributed by atoms with Crippen molar-refractivity contribution in [1.29, 1.82) is 0 Å². The van der Waals surface area contributed by atoms with E-state index in [-0.39, 0.29) is 11.9 Å². The van der Waals surface area contributed by atoms with Crippen molar-refractivity contribution in [2.75, 3.05) is 19.8 Å². The maximum Gasteiger partial charge on any atom is 0.284 e. The number of carbonyl (C=O) groups is 1. The zero-order valence-corrected chi connectivity index (χ0v) is 16.6. The van der Waals surface area contributed by atoms with Crippen molar-refractivity contribution < 1.29 is 4.79 Å². The molecule has 2 atom stereocenters. The van der Waals surface area contributed by atoms with Gasteiger partial charge in [0.05, 0.1) is 12.7 Å². The van der Waals surface area contributed by atoms with Crippen LogP contribution in [0.2, 0.25) is 0 Å². The summed E-state index contributed by atoms with van der Waals surface area (Å²) in [7, 11) is 0. The van der Waals surface area contributed by atoms with E-state index in [4.69, 9.17) is 0 Å². The Balaban J connectivity index is 1.51. The molecule has 27 heavy (non-hydrogen) atoms. The van der Waals surface area contributed by atoms with Crippen LogP contribution >= 0.6 is 24.0 Å². The third-order valence-corrected chi connectivity index (χ3v) is 6.84. The molecule has 2 heterocycles. The number of aromatic nitrogens is 1.